The zero-order valence-corrected chi connectivity index (χ0v) is 15.5. The molecule has 0 unspecified atom stereocenters. The average molecular weight is 383 g/mol. The van der Waals surface area contributed by atoms with Crippen LogP contribution in [0.25, 0.3) is 10.6 Å². The SMILES string of the molecule is C=CCNC(=O)c1ccccc1NC(=O)Cc1csc(-c2ccsc2)n1. The van der Waals surface area contributed by atoms with Gasteiger partial charge >= 0.3 is 0 Å². The van der Waals surface area contributed by atoms with Crippen molar-refractivity contribution in [3.8, 4) is 10.6 Å². The number of hydrogen-bond acceptors (Lipinski definition) is 5. The van der Waals surface area contributed by atoms with E-state index in [0.29, 0.717) is 23.5 Å². The predicted octanol–water partition coefficient (Wildman–Crippen LogP) is 3.97. The molecule has 2 amide bonds. The maximum atomic E-state index is 12.4. The third kappa shape index (κ3) is 4.44. The second-order valence-corrected chi connectivity index (χ2v) is 7.06. The van der Waals surface area contributed by atoms with E-state index in [1.54, 1.807) is 41.7 Å². The second-order valence-electron chi connectivity index (χ2n) is 5.43. The Hall–Kier alpha value is -2.77. The summed E-state index contributed by atoms with van der Waals surface area (Å²) in [5.74, 6) is -0.467. The Morgan fingerprint density at radius 1 is 1.19 bits per heavy atom. The number of thiazole rings is 1. The van der Waals surface area contributed by atoms with E-state index >= 15 is 0 Å². The summed E-state index contributed by atoms with van der Waals surface area (Å²) in [6.45, 7) is 3.94. The summed E-state index contributed by atoms with van der Waals surface area (Å²) in [5.41, 5.74) is 2.67. The van der Waals surface area contributed by atoms with E-state index in [4.69, 9.17) is 0 Å². The molecule has 1 aromatic carbocycles. The predicted molar refractivity (Wildman–Crippen MR) is 107 cm³/mol. The van der Waals surface area contributed by atoms with Gasteiger partial charge in [-0.25, -0.2) is 4.98 Å². The zero-order chi connectivity index (χ0) is 18.4. The first-order valence-corrected chi connectivity index (χ1v) is 9.74. The van der Waals surface area contributed by atoms with E-state index in [2.05, 4.69) is 22.2 Å². The van der Waals surface area contributed by atoms with Gasteiger partial charge in [0.1, 0.15) is 5.01 Å². The number of anilines is 1. The number of hydrogen-bond donors (Lipinski definition) is 2. The molecule has 3 aromatic rings. The Labute approximate surface area is 159 Å². The first kappa shape index (κ1) is 18.0. The monoisotopic (exact) mass is 383 g/mol. The van der Waals surface area contributed by atoms with Crippen molar-refractivity contribution in [1.29, 1.82) is 0 Å². The molecule has 0 bridgehead atoms. The van der Waals surface area contributed by atoms with Crippen LogP contribution in [0.1, 0.15) is 16.1 Å². The molecule has 0 atom stereocenters. The number of nitrogens with zero attached hydrogens (tertiary/aromatic N) is 1. The van der Waals surface area contributed by atoms with Crippen molar-refractivity contribution in [3.05, 3.63) is 70.4 Å². The van der Waals surface area contributed by atoms with E-state index in [1.165, 1.54) is 11.3 Å². The summed E-state index contributed by atoms with van der Waals surface area (Å²) in [5, 5.41) is 12.3. The van der Waals surface area contributed by atoms with Crippen molar-refractivity contribution in [1.82, 2.24) is 10.3 Å². The van der Waals surface area contributed by atoms with Crippen molar-refractivity contribution in [2.75, 3.05) is 11.9 Å². The van der Waals surface area contributed by atoms with E-state index in [9.17, 15) is 9.59 Å². The second kappa shape index (κ2) is 8.55. The molecule has 0 saturated heterocycles. The molecule has 5 nitrogen and oxygen atoms in total. The number of carbonyl (C=O) groups excluding carboxylic acids is 2. The fourth-order valence-electron chi connectivity index (χ4n) is 2.32. The Morgan fingerprint density at radius 3 is 2.81 bits per heavy atom. The summed E-state index contributed by atoms with van der Waals surface area (Å²) < 4.78 is 0. The molecule has 7 heteroatoms. The van der Waals surface area contributed by atoms with Crippen molar-refractivity contribution in [2.24, 2.45) is 0 Å². The lowest BCUT2D eigenvalue weighted by Gasteiger charge is -2.10. The van der Waals surface area contributed by atoms with Gasteiger partial charge in [0.15, 0.2) is 0 Å². The molecular weight excluding hydrogens is 366 g/mol. The van der Waals surface area contributed by atoms with Gasteiger partial charge in [-0.3, -0.25) is 9.59 Å². The first-order valence-electron chi connectivity index (χ1n) is 7.92. The van der Waals surface area contributed by atoms with Gasteiger partial charge in [0, 0.05) is 22.9 Å². The normalized spacial score (nSPS) is 10.3. The van der Waals surface area contributed by atoms with Crippen LogP contribution in [0, 0.1) is 0 Å². The standard InChI is InChI=1S/C19H17N3O2S2/c1-2-8-20-18(24)15-5-3-4-6-16(15)22-17(23)10-14-12-26-19(21-14)13-7-9-25-11-13/h2-7,9,11-12H,1,8,10H2,(H,20,24)(H,22,23). The van der Waals surface area contributed by atoms with Gasteiger partial charge in [-0.2, -0.15) is 11.3 Å². The molecule has 0 radical (unpaired) electrons. The highest BCUT2D eigenvalue weighted by molar-refractivity contribution is 7.14. The van der Waals surface area contributed by atoms with E-state index in [1.807, 2.05) is 22.2 Å². The van der Waals surface area contributed by atoms with Gasteiger partial charge in [0.2, 0.25) is 5.91 Å². The van der Waals surface area contributed by atoms with E-state index in [0.717, 1.165) is 10.6 Å². The minimum absolute atomic E-state index is 0.156. The summed E-state index contributed by atoms with van der Waals surface area (Å²) >= 11 is 3.13. The van der Waals surface area contributed by atoms with Crippen LogP contribution in [-0.4, -0.2) is 23.3 Å². The highest BCUT2D eigenvalue weighted by atomic mass is 32.1. The summed E-state index contributed by atoms with van der Waals surface area (Å²) in [7, 11) is 0. The van der Waals surface area contributed by atoms with E-state index < -0.39 is 0 Å². The highest BCUT2D eigenvalue weighted by Gasteiger charge is 2.14. The fraction of sp³-hybridized carbons (Fsp3) is 0.105. The smallest absolute Gasteiger partial charge is 0.253 e. The van der Waals surface area contributed by atoms with Crippen molar-refractivity contribution in [3.63, 3.8) is 0 Å². The fourth-order valence-corrected chi connectivity index (χ4v) is 3.85. The number of carbonyl (C=O) groups is 2. The van der Waals surface area contributed by atoms with Crippen molar-refractivity contribution in [2.45, 2.75) is 6.42 Å². The topological polar surface area (TPSA) is 71.1 Å². The Balaban J connectivity index is 1.67. The average Bonchev–Trinajstić information content (AvgIpc) is 3.31. The van der Waals surface area contributed by atoms with Gasteiger partial charge in [0.25, 0.3) is 5.91 Å². The number of para-hydroxylation sites is 1. The highest BCUT2D eigenvalue weighted by Crippen LogP contribution is 2.26. The van der Waals surface area contributed by atoms with Gasteiger partial charge in [-0.1, -0.05) is 18.2 Å². The van der Waals surface area contributed by atoms with Crippen LogP contribution < -0.4 is 10.6 Å². The van der Waals surface area contributed by atoms with Gasteiger partial charge < -0.3 is 10.6 Å². The molecule has 0 fully saturated rings. The third-order valence-electron chi connectivity index (χ3n) is 3.51. The Kier molecular flexibility index (Phi) is 5.93. The minimum atomic E-state index is -0.255. The van der Waals surface area contributed by atoms with Gasteiger partial charge in [-0.15, -0.1) is 17.9 Å². The van der Waals surface area contributed by atoms with Crippen molar-refractivity contribution < 1.29 is 9.59 Å². The quantitative estimate of drug-likeness (QED) is 0.607. The molecule has 2 aromatic heterocycles. The number of amides is 2. The van der Waals surface area contributed by atoms with Gasteiger partial charge in [0.05, 0.1) is 23.4 Å². The van der Waals surface area contributed by atoms with Crippen molar-refractivity contribution >= 4 is 40.2 Å². The minimum Gasteiger partial charge on any atom is -0.349 e. The molecule has 0 aliphatic heterocycles. The Bertz CT molecular complexity index is 917. The molecule has 0 saturated carbocycles. The molecule has 132 valence electrons. The molecule has 26 heavy (non-hydrogen) atoms. The number of thiophene rings is 1. The molecule has 0 aliphatic carbocycles. The third-order valence-corrected chi connectivity index (χ3v) is 5.14. The number of rotatable bonds is 7. The van der Waals surface area contributed by atoms with Crippen LogP contribution in [0.15, 0.2) is 59.1 Å². The number of nitrogens with one attached hydrogen (secondary N) is 2. The molecule has 3 rings (SSSR count). The number of aromatic nitrogens is 1. The van der Waals surface area contributed by atoms with Crippen LogP contribution in [0.2, 0.25) is 0 Å². The Morgan fingerprint density at radius 2 is 2.04 bits per heavy atom. The van der Waals surface area contributed by atoms with Crippen LogP contribution in [0.4, 0.5) is 5.69 Å². The lowest BCUT2D eigenvalue weighted by molar-refractivity contribution is -0.115. The summed E-state index contributed by atoms with van der Waals surface area (Å²) in [6, 6.07) is 8.92. The van der Waals surface area contributed by atoms with Crippen LogP contribution in [0.5, 0.6) is 0 Å². The zero-order valence-electron chi connectivity index (χ0n) is 13.9. The van der Waals surface area contributed by atoms with Crippen LogP contribution >= 0.6 is 22.7 Å². The molecule has 0 aliphatic rings. The largest absolute Gasteiger partial charge is 0.349 e. The van der Waals surface area contributed by atoms with E-state index in [-0.39, 0.29) is 18.2 Å². The van der Waals surface area contributed by atoms with Gasteiger partial charge in [-0.05, 0) is 23.6 Å². The number of benzene rings is 1. The maximum Gasteiger partial charge on any atom is 0.253 e. The molecular formula is C19H17N3O2S2. The van der Waals surface area contributed by atoms with Crippen LogP contribution in [-0.2, 0) is 11.2 Å². The molecule has 2 N–H and O–H groups in total. The molecule has 2 heterocycles. The van der Waals surface area contributed by atoms with Crippen LogP contribution in [0.3, 0.4) is 0 Å². The lowest BCUT2D eigenvalue weighted by atomic mass is 10.1. The summed E-state index contributed by atoms with van der Waals surface area (Å²) in [4.78, 5) is 29.1. The lowest BCUT2D eigenvalue weighted by Crippen LogP contribution is -2.25. The first-order chi connectivity index (χ1) is 12.7. The molecule has 0 spiro atoms. The summed E-state index contributed by atoms with van der Waals surface area (Å²) in [6.07, 6.45) is 1.76. The maximum absolute atomic E-state index is 12.4.